The zero-order valence-electron chi connectivity index (χ0n) is 14.0. The molecule has 22 heavy (non-hydrogen) atoms. The van der Waals surface area contributed by atoms with E-state index in [-0.39, 0.29) is 5.91 Å². The number of thioether (sulfide) groups is 1. The second-order valence-corrected chi connectivity index (χ2v) is 7.83. The second-order valence-electron chi connectivity index (χ2n) is 5.56. The zero-order chi connectivity index (χ0) is 16.1. The van der Waals surface area contributed by atoms with E-state index < -0.39 is 0 Å². The number of rotatable bonds is 7. The maximum Gasteiger partial charge on any atom is 0.257 e. The Morgan fingerprint density at radius 1 is 1.32 bits per heavy atom. The van der Waals surface area contributed by atoms with Crippen molar-refractivity contribution in [3.8, 4) is 0 Å². The summed E-state index contributed by atoms with van der Waals surface area (Å²) in [5, 5.41) is 3.06. The monoisotopic (exact) mass is 338 g/mol. The van der Waals surface area contributed by atoms with Crippen LogP contribution in [-0.4, -0.2) is 37.0 Å². The van der Waals surface area contributed by atoms with Crippen LogP contribution in [-0.2, 0) is 10.5 Å². The fourth-order valence-electron chi connectivity index (χ4n) is 2.57. The van der Waals surface area contributed by atoms with Crippen LogP contribution in [0.3, 0.4) is 0 Å². The number of amides is 1. The normalized spacial score (nSPS) is 14.0. The molecule has 0 unspecified atom stereocenters. The molecule has 0 saturated carbocycles. The second kappa shape index (κ2) is 8.18. The van der Waals surface area contributed by atoms with Crippen LogP contribution in [0.25, 0.3) is 6.08 Å². The predicted octanol–water partition coefficient (Wildman–Crippen LogP) is 3.80. The molecular weight excluding hydrogens is 312 g/mol. The number of hydrogen-bond acceptors (Lipinski definition) is 4. The summed E-state index contributed by atoms with van der Waals surface area (Å²) < 4.78 is 0. The summed E-state index contributed by atoms with van der Waals surface area (Å²) in [6.45, 7) is 12.6. The molecule has 2 rings (SSSR count). The van der Waals surface area contributed by atoms with Gasteiger partial charge in [0.2, 0.25) is 0 Å². The average Bonchev–Trinajstić information content (AvgIpc) is 2.81. The van der Waals surface area contributed by atoms with E-state index in [4.69, 9.17) is 0 Å². The number of nitrogens with zero attached hydrogens (tertiary/aromatic N) is 1. The van der Waals surface area contributed by atoms with Crippen molar-refractivity contribution in [3.63, 3.8) is 0 Å². The van der Waals surface area contributed by atoms with E-state index in [1.54, 1.807) is 23.1 Å². The van der Waals surface area contributed by atoms with Crippen LogP contribution in [0.15, 0.2) is 4.91 Å². The van der Waals surface area contributed by atoms with Crippen molar-refractivity contribution >= 4 is 35.1 Å². The lowest BCUT2D eigenvalue weighted by Gasteiger charge is -2.18. The van der Waals surface area contributed by atoms with Crippen molar-refractivity contribution in [2.75, 3.05) is 26.2 Å². The summed E-state index contributed by atoms with van der Waals surface area (Å²) in [5.41, 5.74) is 2.80. The molecule has 122 valence electrons. The topological polar surface area (TPSA) is 32.3 Å². The highest BCUT2D eigenvalue weighted by Crippen LogP contribution is 2.39. The number of aryl methyl sites for hydroxylation is 1. The lowest BCUT2D eigenvalue weighted by atomic mass is 10.1. The quantitative estimate of drug-likeness (QED) is 0.768. The predicted molar refractivity (Wildman–Crippen MR) is 98.5 cm³/mol. The van der Waals surface area contributed by atoms with Gasteiger partial charge in [0.1, 0.15) is 0 Å². The fourth-order valence-corrected chi connectivity index (χ4v) is 4.94. The summed E-state index contributed by atoms with van der Waals surface area (Å²) in [4.78, 5) is 18.1. The molecule has 3 nitrogen and oxygen atoms in total. The standard InChI is InChI=1S/C17H26N2OS2/c1-5-19(6-2)9-7-8-18-17(20)16-10-15-14(11-21-16)12(3)13(4)22-15/h10H,5-9,11H2,1-4H3,(H,18,20). The third kappa shape index (κ3) is 4.15. The Hall–Kier alpha value is -0.780. The lowest BCUT2D eigenvalue weighted by Crippen LogP contribution is -2.30. The Morgan fingerprint density at radius 3 is 2.73 bits per heavy atom. The molecule has 1 amide bonds. The van der Waals surface area contributed by atoms with Gasteiger partial charge in [-0.15, -0.1) is 23.1 Å². The van der Waals surface area contributed by atoms with Crippen LogP contribution in [0.1, 0.15) is 41.1 Å². The maximum absolute atomic E-state index is 12.3. The third-order valence-electron chi connectivity index (χ3n) is 4.23. The molecule has 0 saturated heterocycles. The first-order valence-corrected chi connectivity index (χ1v) is 9.80. The van der Waals surface area contributed by atoms with E-state index >= 15 is 0 Å². The molecule has 5 heteroatoms. The molecule has 0 atom stereocenters. The van der Waals surface area contributed by atoms with E-state index in [1.807, 2.05) is 0 Å². The fraction of sp³-hybridized carbons (Fsp3) is 0.588. The van der Waals surface area contributed by atoms with Gasteiger partial charge in [-0.25, -0.2) is 0 Å². The van der Waals surface area contributed by atoms with Gasteiger partial charge in [-0.3, -0.25) is 4.79 Å². The smallest absolute Gasteiger partial charge is 0.257 e. The molecule has 0 aliphatic carbocycles. The van der Waals surface area contributed by atoms with Gasteiger partial charge in [-0.2, -0.15) is 0 Å². The van der Waals surface area contributed by atoms with Gasteiger partial charge in [0.15, 0.2) is 0 Å². The molecule has 0 bridgehead atoms. The van der Waals surface area contributed by atoms with Crippen LogP contribution < -0.4 is 5.32 Å². The first kappa shape index (κ1) is 17.6. The van der Waals surface area contributed by atoms with Crippen molar-refractivity contribution in [2.24, 2.45) is 0 Å². The molecular formula is C17H26N2OS2. The van der Waals surface area contributed by atoms with E-state index in [0.29, 0.717) is 0 Å². The molecule has 1 N–H and O–H groups in total. The van der Waals surface area contributed by atoms with Gasteiger partial charge in [0.25, 0.3) is 5.91 Å². The molecule has 1 aliphatic heterocycles. The number of carbonyl (C=O) groups excluding carboxylic acids is 1. The average molecular weight is 339 g/mol. The molecule has 0 radical (unpaired) electrons. The van der Waals surface area contributed by atoms with Gasteiger partial charge in [-0.1, -0.05) is 13.8 Å². The summed E-state index contributed by atoms with van der Waals surface area (Å²) in [6, 6.07) is 0. The Bertz CT molecular complexity index is 559. The highest BCUT2D eigenvalue weighted by Gasteiger charge is 2.20. The van der Waals surface area contributed by atoms with Crippen LogP contribution >= 0.6 is 23.1 Å². The van der Waals surface area contributed by atoms with Crippen LogP contribution in [0, 0.1) is 13.8 Å². The number of carbonyl (C=O) groups is 1. The van der Waals surface area contributed by atoms with Crippen LogP contribution in [0.5, 0.6) is 0 Å². The number of thiophene rings is 1. The first-order valence-electron chi connectivity index (χ1n) is 8.00. The minimum absolute atomic E-state index is 0.0823. The van der Waals surface area contributed by atoms with Crippen molar-refractivity contribution in [2.45, 2.75) is 39.9 Å². The van der Waals surface area contributed by atoms with Crippen molar-refractivity contribution in [1.82, 2.24) is 10.2 Å². The van der Waals surface area contributed by atoms with Crippen molar-refractivity contribution in [3.05, 3.63) is 25.8 Å². The lowest BCUT2D eigenvalue weighted by molar-refractivity contribution is -0.116. The minimum Gasteiger partial charge on any atom is -0.352 e. The molecule has 1 aliphatic rings. The summed E-state index contributed by atoms with van der Waals surface area (Å²) >= 11 is 3.46. The van der Waals surface area contributed by atoms with E-state index in [9.17, 15) is 4.79 Å². The summed E-state index contributed by atoms with van der Waals surface area (Å²) in [6.07, 6.45) is 3.07. The Kier molecular flexibility index (Phi) is 6.53. The van der Waals surface area contributed by atoms with E-state index in [1.165, 1.54) is 20.9 Å². The first-order chi connectivity index (χ1) is 10.6. The number of hydrogen-bond donors (Lipinski definition) is 1. The Labute approximate surface area is 142 Å². The number of nitrogens with one attached hydrogen (secondary N) is 1. The van der Waals surface area contributed by atoms with Crippen molar-refractivity contribution in [1.29, 1.82) is 0 Å². The van der Waals surface area contributed by atoms with E-state index in [2.05, 4.69) is 44.0 Å². The van der Waals surface area contributed by atoms with Crippen LogP contribution in [0.2, 0.25) is 0 Å². The molecule has 2 heterocycles. The summed E-state index contributed by atoms with van der Waals surface area (Å²) in [7, 11) is 0. The van der Waals surface area contributed by atoms with Gasteiger partial charge < -0.3 is 10.2 Å². The molecule has 1 aromatic heterocycles. The Morgan fingerprint density at radius 2 is 2.05 bits per heavy atom. The van der Waals surface area contributed by atoms with Gasteiger partial charge >= 0.3 is 0 Å². The van der Waals surface area contributed by atoms with Gasteiger partial charge in [0.05, 0.1) is 4.91 Å². The Balaban J connectivity index is 1.86. The van der Waals surface area contributed by atoms with E-state index in [0.717, 1.165) is 43.3 Å². The van der Waals surface area contributed by atoms with Gasteiger partial charge in [-0.05, 0) is 57.1 Å². The molecule has 1 aromatic rings. The molecule has 0 fully saturated rings. The largest absolute Gasteiger partial charge is 0.352 e. The highest BCUT2D eigenvalue weighted by atomic mass is 32.2. The SMILES string of the molecule is CCN(CC)CCCNC(=O)C1=Cc2sc(C)c(C)c2CS1. The van der Waals surface area contributed by atoms with Crippen LogP contribution in [0.4, 0.5) is 0 Å². The molecule has 0 aromatic carbocycles. The van der Waals surface area contributed by atoms with Gasteiger partial charge in [0, 0.05) is 22.1 Å². The maximum atomic E-state index is 12.3. The third-order valence-corrected chi connectivity index (χ3v) is 6.47. The number of fused-ring (bicyclic) bond motifs is 1. The minimum atomic E-state index is 0.0823. The summed E-state index contributed by atoms with van der Waals surface area (Å²) in [5.74, 6) is 1.00. The molecule has 0 spiro atoms. The zero-order valence-corrected chi connectivity index (χ0v) is 15.6. The van der Waals surface area contributed by atoms with Crippen molar-refractivity contribution < 1.29 is 4.79 Å². The highest BCUT2D eigenvalue weighted by molar-refractivity contribution is 8.03.